The molecule has 2 aromatic rings. The molecule has 1 aliphatic rings. The third-order valence-corrected chi connectivity index (χ3v) is 5.86. The van der Waals surface area contributed by atoms with Gasteiger partial charge in [0.15, 0.2) is 5.13 Å². The highest BCUT2D eigenvalue weighted by atomic mass is 32.1. The number of halogens is 3. The summed E-state index contributed by atoms with van der Waals surface area (Å²) in [6.07, 6.45) is -3.16. The van der Waals surface area contributed by atoms with Crippen LogP contribution in [0.3, 0.4) is 0 Å². The van der Waals surface area contributed by atoms with Crippen LogP contribution >= 0.6 is 11.3 Å². The van der Waals surface area contributed by atoms with Crippen LogP contribution < -0.4 is 15.8 Å². The van der Waals surface area contributed by atoms with Gasteiger partial charge in [0.1, 0.15) is 5.75 Å². The normalized spacial score (nSPS) is 18.1. The van der Waals surface area contributed by atoms with E-state index in [4.69, 9.17) is 5.73 Å². The number of amides is 2. The third kappa shape index (κ3) is 5.39. The number of hydrogen-bond acceptors (Lipinski definition) is 6. The van der Waals surface area contributed by atoms with Gasteiger partial charge in [0, 0.05) is 25.1 Å². The number of rotatable bonds is 6. The first-order valence-corrected chi connectivity index (χ1v) is 10.4. The van der Waals surface area contributed by atoms with E-state index in [1.54, 1.807) is 4.90 Å². The number of nitrogens with zero attached hydrogens (tertiary/aromatic N) is 2. The summed E-state index contributed by atoms with van der Waals surface area (Å²) in [4.78, 5) is 30.9. The van der Waals surface area contributed by atoms with Gasteiger partial charge in [-0.25, -0.2) is 4.98 Å². The third-order valence-electron chi connectivity index (χ3n) is 4.92. The van der Waals surface area contributed by atoms with Crippen molar-refractivity contribution in [3.8, 4) is 5.75 Å². The topological polar surface area (TPSA) is 97.6 Å². The molecule has 0 unspecified atom stereocenters. The van der Waals surface area contributed by atoms with Crippen LogP contribution in [-0.4, -0.2) is 46.7 Å². The van der Waals surface area contributed by atoms with Crippen LogP contribution in [0, 0.1) is 5.92 Å². The highest BCUT2D eigenvalue weighted by molar-refractivity contribution is 7.22. The molecule has 1 aromatic carbocycles. The summed E-state index contributed by atoms with van der Waals surface area (Å²) in [6, 6.07) is 2.95. The zero-order chi connectivity index (χ0) is 22.1. The zero-order valence-electron chi connectivity index (χ0n) is 16.5. The van der Waals surface area contributed by atoms with E-state index in [1.165, 1.54) is 18.2 Å². The van der Waals surface area contributed by atoms with Gasteiger partial charge in [-0.2, -0.15) is 0 Å². The Hall–Kier alpha value is -2.40. The molecule has 1 fully saturated rings. The van der Waals surface area contributed by atoms with Crippen molar-refractivity contribution in [3.63, 3.8) is 0 Å². The number of benzene rings is 1. The number of likely N-dealkylation sites (tertiary alicyclic amines) is 1. The molecule has 0 radical (unpaired) electrons. The lowest BCUT2D eigenvalue weighted by Gasteiger charge is -2.28. The van der Waals surface area contributed by atoms with Gasteiger partial charge in [-0.15, -0.1) is 13.2 Å². The molecule has 0 bridgehead atoms. The summed E-state index contributed by atoms with van der Waals surface area (Å²) in [5.74, 6) is -0.819. The number of carbonyl (C=O) groups is 2. The van der Waals surface area contributed by atoms with Crippen LogP contribution in [0.25, 0.3) is 10.2 Å². The minimum atomic E-state index is -4.78. The molecule has 0 aliphatic carbocycles. The molecule has 164 valence electrons. The van der Waals surface area contributed by atoms with Crippen LogP contribution in [-0.2, 0) is 9.59 Å². The zero-order valence-corrected chi connectivity index (χ0v) is 17.3. The summed E-state index contributed by atoms with van der Waals surface area (Å²) in [6.45, 7) is 4.32. The Labute approximate surface area is 175 Å². The van der Waals surface area contributed by atoms with Crippen molar-refractivity contribution in [2.75, 3.05) is 11.9 Å². The van der Waals surface area contributed by atoms with Crippen molar-refractivity contribution in [2.24, 2.45) is 11.7 Å². The summed E-state index contributed by atoms with van der Waals surface area (Å²) in [7, 11) is 0. The molecule has 30 heavy (non-hydrogen) atoms. The molecule has 2 heterocycles. The van der Waals surface area contributed by atoms with Gasteiger partial charge in [-0.1, -0.05) is 25.2 Å². The summed E-state index contributed by atoms with van der Waals surface area (Å²) in [5.41, 5.74) is 6.42. The number of anilines is 1. The minimum absolute atomic E-state index is 0.00143. The van der Waals surface area contributed by atoms with Gasteiger partial charge in [0.2, 0.25) is 11.8 Å². The molecule has 3 N–H and O–H groups in total. The van der Waals surface area contributed by atoms with Gasteiger partial charge in [-0.05, 0) is 30.9 Å². The Morgan fingerprint density at radius 3 is 2.80 bits per heavy atom. The molecule has 1 saturated heterocycles. The first-order chi connectivity index (χ1) is 14.0. The fraction of sp³-hybridized carbons (Fsp3) is 0.526. The van der Waals surface area contributed by atoms with Crippen molar-refractivity contribution >= 4 is 38.5 Å². The van der Waals surface area contributed by atoms with E-state index >= 15 is 0 Å². The number of fused-ring (bicyclic) bond motifs is 1. The Morgan fingerprint density at radius 2 is 2.13 bits per heavy atom. The van der Waals surface area contributed by atoms with Crippen LogP contribution in [0.15, 0.2) is 18.2 Å². The number of nitrogens with one attached hydrogen (secondary N) is 1. The van der Waals surface area contributed by atoms with Crippen LogP contribution in [0.2, 0.25) is 0 Å². The highest BCUT2D eigenvalue weighted by Crippen LogP contribution is 2.32. The van der Waals surface area contributed by atoms with Crippen molar-refractivity contribution in [1.82, 2.24) is 9.88 Å². The Kier molecular flexibility index (Phi) is 6.51. The molecule has 7 nitrogen and oxygen atoms in total. The maximum Gasteiger partial charge on any atom is 0.573 e. The number of alkyl halides is 3. The van der Waals surface area contributed by atoms with Crippen molar-refractivity contribution in [1.29, 1.82) is 0 Å². The highest BCUT2D eigenvalue weighted by Gasteiger charge is 2.34. The molecule has 2 atom stereocenters. The van der Waals surface area contributed by atoms with Gasteiger partial charge in [0.25, 0.3) is 0 Å². The summed E-state index contributed by atoms with van der Waals surface area (Å²) in [5, 5.41) is 2.95. The second-order valence-corrected chi connectivity index (χ2v) is 8.58. The standard InChI is InChI=1S/C19H23F3N4O3S/c1-10(2)16(23)17(28)26-7-3-4-11(26)8-15(27)25-18-24-13-6-5-12(9-14(13)30-18)29-19(20,21)22/h5-6,9-11,16H,3-4,7-8,23H2,1-2H3,(H,24,25,27)/t11-,16+/m1/s1. The lowest BCUT2D eigenvalue weighted by molar-refractivity contribution is -0.274. The van der Waals surface area contributed by atoms with Crippen molar-refractivity contribution in [3.05, 3.63) is 18.2 Å². The molecule has 0 spiro atoms. The van der Waals surface area contributed by atoms with E-state index in [9.17, 15) is 22.8 Å². The van der Waals surface area contributed by atoms with Crippen LogP contribution in [0.5, 0.6) is 5.75 Å². The predicted octanol–water partition coefficient (Wildman–Crippen LogP) is 3.50. The van der Waals surface area contributed by atoms with Gasteiger partial charge in [0.05, 0.1) is 16.3 Å². The van der Waals surface area contributed by atoms with Crippen LogP contribution in [0.4, 0.5) is 18.3 Å². The van der Waals surface area contributed by atoms with E-state index in [0.29, 0.717) is 23.2 Å². The number of thiazole rings is 1. The van der Waals surface area contributed by atoms with E-state index < -0.39 is 12.4 Å². The van der Waals surface area contributed by atoms with Gasteiger partial charge in [-0.3, -0.25) is 9.59 Å². The van der Waals surface area contributed by atoms with Crippen LogP contribution in [0.1, 0.15) is 33.1 Å². The summed E-state index contributed by atoms with van der Waals surface area (Å²) < 4.78 is 41.5. The average Bonchev–Trinajstić information content (AvgIpc) is 3.24. The Morgan fingerprint density at radius 1 is 1.40 bits per heavy atom. The average molecular weight is 444 g/mol. The Bertz CT molecular complexity index is 931. The molecule has 11 heteroatoms. The number of aromatic nitrogens is 1. The SMILES string of the molecule is CC(C)[C@H](N)C(=O)N1CCC[C@@H]1CC(=O)Nc1nc2ccc(OC(F)(F)F)cc2s1. The largest absolute Gasteiger partial charge is 0.573 e. The fourth-order valence-electron chi connectivity index (χ4n) is 3.35. The fourth-order valence-corrected chi connectivity index (χ4v) is 4.27. The number of carbonyl (C=O) groups excluding carboxylic acids is 2. The van der Waals surface area contributed by atoms with Gasteiger partial charge < -0.3 is 20.7 Å². The number of ether oxygens (including phenoxy) is 1. The van der Waals surface area contributed by atoms with E-state index in [0.717, 1.165) is 17.8 Å². The quantitative estimate of drug-likeness (QED) is 0.711. The second kappa shape index (κ2) is 8.76. The van der Waals surface area contributed by atoms with E-state index in [2.05, 4.69) is 15.0 Å². The monoisotopic (exact) mass is 444 g/mol. The lowest BCUT2D eigenvalue weighted by atomic mass is 10.0. The van der Waals surface area contributed by atoms with Crippen molar-refractivity contribution < 1.29 is 27.5 Å². The van der Waals surface area contributed by atoms with E-state index in [1.807, 2.05) is 13.8 Å². The molecule has 3 rings (SSSR count). The minimum Gasteiger partial charge on any atom is -0.406 e. The lowest BCUT2D eigenvalue weighted by Crippen LogP contribution is -2.49. The predicted molar refractivity (Wildman–Crippen MR) is 107 cm³/mol. The van der Waals surface area contributed by atoms with E-state index in [-0.39, 0.29) is 41.1 Å². The number of hydrogen-bond donors (Lipinski definition) is 2. The van der Waals surface area contributed by atoms with Crippen molar-refractivity contribution in [2.45, 2.75) is 51.6 Å². The maximum atomic E-state index is 12.6. The maximum absolute atomic E-state index is 12.6. The molecule has 1 aliphatic heterocycles. The molecule has 0 saturated carbocycles. The molecule has 2 amide bonds. The molecular formula is C19H23F3N4O3S. The smallest absolute Gasteiger partial charge is 0.406 e. The first-order valence-electron chi connectivity index (χ1n) is 9.56. The second-order valence-electron chi connectivity index (χ2n) is 7.55. The number of nitrogens with two attached hydrogens (primary N) is 1. The van der Waals surface area contributed by atoms with Gasteiger partial charge >= 0.3 is 6.36 Å². The molecule has 1 aromatic heterocycles. The first kappa shape index (κ1) is 22.3. The Balaban J connectivity index is 1.64. The summed E-state index contributed by atoms with van der Waals surface area (Å²) >= 11 is 1.05. The molecular weight excluding hydrogens is 421 g/mol.